The van der Waals surface area contributed by atoms with E-state index in [0.717, 1.165) is 17.7 Å². The third-order valence-electron chi connectivity index (χ3n) is 3.19. The van der Waals surface area contributed by atoms with Gasteiger partial charge in [0.15, 0.2) is 0 Å². The topological polar surface area (TPSA) is 29.1 Å². The number of hydrogen-bond acceptors (Lipinski definition) is 2. The maximum atomic E-state index is 11.9. The first-order chi connectivity index (χ1) is 10.6. The quantitative estimate of drug-likeness (QED) is 0.750. The van der Waals surface area contributed by atoms with E-state index in [4.69, 9.17) is 23.2 Å². The minimum atomic E-state index is -0.0302. The number of carbonyl (C=O) groups is 1. The Labute approximate surface area is 145 Å². The van der Waals surface area contributed by atoms with Crippen LogP contribution in [0.2, 0.25) is 10.0 Å². The summed E-state index contributed by atoms with van der Waals surface area (Å²) in [5, 5.41) is 4.15. The van der Waals surface area contributed by atoms with E-state index in [1.54, 1.807) is 12.1 Å². The number of thioether (sulfide) groups is 1. The molecule has 2 rings (SSSR count). The van der Waals surface area contributed by atoms with Crippen molar-refractivity contribution in [1.82, 2.24) is 0 Å². The summed E-state index contributed by atoms with van der Waals surface area (Å²) in [6.45, 7) is 2.10. The molecular weight excluding hydrogens is 337 g/mol. The SMILES string of the molecule is CCc1ccc(NC(=O)CSCc2c(Cl)cccc2Cl)cc1. The normalized spacial score (nSPS) is 10.5. The van der Waals surface area contributed by atoms with Gasteiger partial charge in [0, 0.05) is 21.5 Å². The van der Waals surface area contributed by atoms with E-state index in [-0.39, 0.29) is 5.91 Å². The molecule has 0 unspecified atom stereocenters. The van der Waals surface area contributed by atoms with Crippen molar-refractivity contribution >= 4 is 46.6 Å². The van der Waals surface area contributed by atoms with Gasteiger partial charge in [0.2, 0.25) is 5.91 Å². The van der Waals surface area contributed by atoms with Crippen LogP contribution in [0, 0.1) is 0 Å². The van der Waals surface area contributed by atoms with Gasteiger partial charge < -0.3 is 5.32 Å². The van der Waals surface area contributed by atoms with E-state index in [0.29, 0.717) is 21.6 Å². The molecule has 2 aromatic carbocycles. The van der Waals surface area contributed by atoms with Crippen LogP contribution in [0.25, 0.3) is 0 Å². The van der Waals surface area contributed by atoms with Crippen molar-refractivity contribution in [3.63, 3.8) is 0 Å². The highest BCUT2D eigenvalue weighted by atomic mass is 35.5. The molecule has 0 radical (unpaired) electrons. The average Bonchev–Trinajstić information content (AvgIpc) is 2.51. The second-order valence-corrected chi connectivity index (χ2v) is 6.59. The Morgan fingerprint density at radius 2 is 1.73 bits per heavy atom. The zero-order valence-electron chi connectivity index (χ0n) is 12.2. The van der Waals surface area contributed by atoms with Crippen molar-refractivity contribution in [2.75, 3.05) is 11.1 Å². The summed E-state index contributed by atoms with van der Waals surface area (Å²) >= 11 is 13.7. The van der Waals surface area contributed by atoms with Crippen LogP contribution in [0.1, 0.15) is 18.1 Å². The molecule has 0 bridgehead atoms. The summed E-state index contributed by atoms with van der Waals surface area (Å²) in [4.78, 5) is 11.9. The van der Waals surface area contributed by atoms with Crippen LogP contribution in [-0.2, 0) is 17.0 Å². The number of hydrogen-bond donors (Lipinski definition) is 1. The summed E-state index contributed by atoms with van der Waals surface area (Å²) in [5.74, 6) is 0.940. The standard InChI is InChI=1S/C17H17Cl2NOS/c1-2-12-6-8-13(9-7-12)20-17(21)11-22-10-14-15(18)4-3-5-16(14)19/h3-9H,2,10-11H2,1H3,(H,20,21). The second kappa shape index (κ2) is 8.47. The molecule has 22 heavy (non-hydrogen) atoms. The summed E-state index contributed by atoms with van der Waals surface area (Å²) < 4.78 is 0. The highest BCUT2D eigenvalue weighted by Crippen LogP contribution is 2.28. The Hall–Kier alpha value is -1.16. The Morgan fingerprint density at radius 3 is 2.32 bits per heavy atom. The van der Waals surface area contributed by atoms with E-state index in [9.17, 15) is 4.79 Å². The summed E-state index contributed by atoms with van der Waals surface area (Å²) in [7, 11) is 0. The van der Waals surface area contributed by atoms with Crippen LogP contribution >= 0.6 is 35.0 Å². The lowest BCUT2D eigenvalue weighted by atomic mass is 10.1. The maximum absolute atomic E-state index is 11.9. The third-order valence-corrected chi connectivity index (χ3v) is 4.85. The zero-order valence-corrected chi connectivity index (χ0v) is 14.6. The van der Waals surface area contributed by atoms with Gasteiger partial charge in [0.1, 0.15) is 0 Å². The Balaban J connectivity index is 1.82. The number of amides is 1. The molecule has 0 fully saturated rings. The number of anilines is 1. The lowest BCUT2D eigenvalue weighted by Crippen LogP contribution is -2.14. The number of nitrogens with one attached hydrogen (secondary N) is 1. The van der Waals surface area contributed by atoms with Crippen molar-refractivity contribution < 1.29 is 4.79 Å². The van der Waals surface area contributed by atoms with Crippen molar-refractivity contribution in [3.8, 4) is 0 Å². The van der Waals surface area contributed by atoms with Crippen LogP contribution in [0.5, 0.6) is 0 Å². The fourth-order valence-electron chi connectivity index (χ4n) is 1.94. The lowest BCUT2D eigenvalue weighted by molar-refractivity contribution is -0.113. The fourth-order valence-corrected chi connectivity index (χ4v) is 3.50. The average molecular weight is 354 g/mol. The molecular formula is C17H17Cl2NOS. The van der Waals surface area contributed by atoms with Crippen molar-refractivity contribution in [3.05, 3.63) is 63.6 Å². The highest BCUT2D eigenvalue weighted by molar-refractivity contribution is 7.99. The molecule has 0 heterocycles. The molecule has 0 spiro atoms. The van der Waals surface area contributed by atoms with E-state index in [1.807, 2.05) is 30.3 Å². The van der Waals surface area contributed by atoms with Crippen LogP contribution in [0.15, 0.2) is 42.5 Å². The highest BCUT2D eigenvalue weighted by Gasteiger charge is 2.08. The van der Waals surface area contributed by atoms with Crippen molar-refractivity contribution in [1.29, 1.82) is 0 Å². The van der Waals surface area contributed by atoms with E-state index in [1.165, 1.54) is 17.3 Å². The molecule has 0 aromatic heterocycles. The first-order valence-corrected chi connectivity index (χ1v) is 8.90. The van der Waals surface area contributed by atoms with Crippen molar-refractivity contribution in [2.24, 2.45) is 0 Å². The predicted molar refractivity (Wildman–Crippen MR) is 97.1 cm³/mol. The number of carbonyl (C=O) groups excluding carboxylic acids is 1. The van der Waals surface area contributed by atoms with Crippen LogP contribution in [-0.4, -0.2) is 11.7 Å². The molecule has 5 heteroatoms. The number of aryl methyl sites for hydroxylation is 1. The molecule has 2 nitrogen and oxygen atoms in total. The largest absolute Gasteiger partial charge is 0.325 e. The summed E-state index contributed by atoms with van der Waals surface area (Å²) in [5.41, 5.74) is 2.94. The van der Waals surface area contributed by atoms with Gasteiger partial charge in [-0.1, -0.05) is 48.3 Å². The Bertz CT molecular complexity index is 623. The number of benzene rings is 2. The molecule has 0 saturated heterocycles. The van der Waals surface area contributed by atoms with E-state index >= 15 is 0 Å². The summed E-state index contributed by atoms with van der Waals surface area (Å²) in [6.07, 6.45) is 0.989. The first-order valence-electron chi connectivity index (χ1n) is 6.99. The van der Waals surface area contributed by atoms with Crippen LogP contribution in [0.4, 0.5) is 5.69 Å². The maximum Gasteiger partial charge on any atom is 0.234 e. The second-order valence-electron chi connectivity index (χ2n) is 4.79. The minimum Gasteiger partial charge on any atom is -0.325 e. The van der Waals surface area contributed by atoms with Gasteiger partial charge in [-0.25, -0.2) is 0 Å². The van der Waals surface area contributed by atoms with E-state index in [2.05, 4.69) is 12.2 Å². The first kappa shape index (κ1) is 17.2. The molecule has 2 aromatic rings. The zero-order chi connectivity index (χ0) is 15.9. The van der Waals surface area contributed by atoms with Gasteiger partial charge in [-0.15, -0.1) is 11.8 Å². The molecule has 1 N–H and O–H groups in total. The smallest absolute Gasteiger partial charge is 0.234 e. The molecule has 0 aliphatic rings. The minimum absolute atomic E-state index is 0.0302. The molecule has 1 amide bonds. The van der Waals surface area contributed by atoms with Gasteiger partial charge in [0.05, 0.1) is 5.75 Å². The monoisotopic (exact) mass is 353 g/mol. The third kappa shape index (κ3) is 4.94. The molecule has 116 valence electrons. The van der Waals surface area contributed by atoms with Crippen molar-refractivity contribution in [2.45, 2.75) is 19.1 Å². The van der Waals surface area contributed by atoms with Gasteiger partial charge in [-0.3, -0.25) is 4.79 Å². The lowest BCUT2D eigenvalue weighted by Gasteiger charge is -2.08. The van der Waals surface area contributed by atoms with Gasteiger partial charge in [-0.05, 0) is 41.8 Å². The molecule has 0 aliphatic carbocycles. The van der Waals surface area contributed by atoms with Gasteiger partial charge in [0.25, 0.3) is 0 Å². The number of halogens is 2. The predicted octanol–water partition coefficient (Wildman–Crippen LogP) is 5.43. The Kier molecular flexibility index (Phi) is 6.62. The summed E-state index contributed by atoms with van der Waals surface area (Å²) in [6, 6.07) is 13.3. The van der Waals surface area contributed by atoms with Gasteiger partial charge >= 0.3 is 0 Å². The molecule has 0 aliphatic heterocycles. The van der Waals surface area contributed by atoms with E-state index < -0.39 is 0 Å². The fraction of sp³-hybridized carbons (Fsp3) is 0.235. The van der Waals surface area contributed by atoms with Gasteiger partial charge in [-0.2, -0.15) is 0 Å². The van der Waals surface area contributed by atoms with Crippen LogP contribution in [0.3, 0.4) is 0 Å². The molecule has 0 saturated carbocycles. The number of rotatable bonds is 6. The Morgan fingerprint density at radius 1 is 1.09 bits per heavy atom. The van der Waals surface area contributed by atoms with Crippen LogP contribution < -0.4 is 5.32 Å². The molecule has 0 atom stereocenters.